The average Bonchev–Trinajstić information content (AvgIpc) is 2.59. The van der Waals surface area contributed by atoms with E-state index in [1.807, 2.05) is 0 Å². The van der Waals surface area contributed by atoms with Gasteiger partial charge in [-0.15, -0.1) is 0 Å². The molecule has 2 heterocycles. The van der Waals surface area contributed by atoms with Crippen LogP contribution in [0.15, 0.2) is 15.9 Å². The van der Waals surface area contributed by atoms with Crippen molar-refractivity contribution in [2.24, 2.45) is 14.1 Å². The molecule has 14 heavy (non-hydrogen) atoms. The van der Waals surface area contributed by atoms with Gasteiger partial charge in [0.2, 0.25) is 0 Å². The zero-order valence-corrected chi connectivity index (χ0v) is 10.9. The number of nitrogens with zero attached hydrogens (tertiary/aromatic N) is 3. The summed E-state index contributed by atoms with van der Waals surface area (Å²) in [4.78, 5) is 29.4. The third-order valence-corrected chi connectivity index (χ3v) is 2.03. The maximum atomic E-state index is 11.4. The number of nitrogens with one attached hydrogen (secondary N) is 1. The summed E-state index contributed by atoms with van der Waals surface area (Å²) in [7, 11) is 3.01. The maximum Gasteiger partial charge on any atom is 0.332 e. The Morgan fingerprint density at radius 2 is 1.93 bits per heavy atom. The van der Waals surface area contributed by atoms with E-state index in [9.17, 15) is 9.59 Å². The molecule has 0 spiro atoms. The molecule has 0 saturated carbocycles. The van der Waals surface area contributed by atoms with Gasteiger partial charge in [0.05, 0.1) is 6.33 Å². The number of aryl methyl sites for hydroxylation is 1. The van der Waals surface area contributed by atoms with E-state index in [-0.39, 0.29) is 30.7 Å². The van der Waals surface area contributed by atoms with E-state index in [4.69, 9.17) is 0 Å². The summed E-state index contributed by atoms with van der Waals surface area (Å²) in [6.07, 6.45) is 1.39. The molecule has 0 fully saturated rings. The minimum Gasteiger partial charge on any atom is -0.339 e. The second kappa shape index (κ2) is 3.49. The van der Waals surface area contributed by atoms with Crippen molar-refractivity contribution < 1.29 is 19.5 Å². The summed E-state index contributed by atoms with van der Waals surface area (Å²) in [6.45, 7) is 0. The predicted molar refractivity (Wildman–Crippen MR) is 46.6 cm³/mol. The Morgan fingerprint density at radius 1 is 1.29 bits per heavy atom. The van der Waals surface area contributed by atoms with Gasteiger partial charge in [-0.05, 0) is 0 Å². The second-order valence-electron chi connectivity index (χ2n) is 2.81. The SMILES string of the molecule is Cn1c(=O)c2[nH]cnc2n(C)c1=O.[Zn]. The molecule has 0 aromatic carbocycles. The van der Waals surface area contributed by atoms with Gasteiger partial charge in [0, 0.05) is 33.6 Å². The Labute approximate surface area is 91.3 Å². The third kappa shape index (κ3) is 1.24. The maximum absolute atomic E-state index is 11.4. The normalized spacial score (nSPS) is 10.1. The van der Waals surface area contributed by atoms with Crippen LogP contribution in [0.1, 0.15) is 0 Å². The van der Waals surface area contributed by atoms with Crippen LogP contribution in [0.25, 0.3) is 11.2 Å². The Bertz CT molecular complexity index is 579. The van der Waals surface area contributed by atoms with Gasteiger partial charge >= 0.3 is 5.69 Å². The van der Waals surface area contributed by atoms with Crippen LogP contribution < -0.4 is 11.2 Å². The number of H-pyrrole nitrogens is 1. The number of imidazole rings is 1. The molecule has 1 N–H and O–H groups in total. The third-order valence-electron chi connectivity index (χ3n) is 2.03. The number of aromatic amines is 1. The van der Waals surface area contributed by atoms with Gasteiger partial charge in [-0.1, -0.05) is 0 Å². The molecule has 2 aromatic heterocycles. The minimum atomic E-state index is -0.371. The summed E-state index contributed by atoms with van der Waals surface area (Å²) in [6, 6.07) is 0. The predicted octanol–water partition coefficient (Wildman–Crippen LogP) is -1.04. The first-order valence-corrected chi connectivity index (χ1v) is 3.72. The second-order valence-corrected chi connectivity index (χ2v) is 2.81. The van der Waals surface area contributed by atoms with Crippen molar-refractivity contribution >= 4 is 11.2 Å². The summed E-state index contributed by atoms with van der Waals surface area (Å²) in [5, 5.41) is 0. The van der Waals surface area contributed by atoms with Crippen LogP contribution in [0.3, 0.4) is 0 Å². The molecule has 70 valence electrons. The molecule has 0 aliphatic carbocycles. The fourth-order valence-electron chi connectivity index (χ4n) is 1.27. The number of aromatic nitrogens is 4. The topological polar surface area (TPSA) is 72.7 Å². The number of rotatable bonds is 0. The Kier molecular flexibility index (Phi) is 2.71. The van der Waals surface area contributed by atoms with Crippen LogP contribution in [0.2, 0.25) is 0 Å². The molecule has 0 unspecified atom stereocenters. The van der Waals surface area contributed by atoms with Crippen LogP contribution in [-0.2, 0) is 33.6 Å². The monoisotopic (exact) mass is 244 g/mol. The van der Waals surface area contributed by atoms with Crippen molar-refractivity contribution in [3.05, 3.63) is 27.2 Å². The molecule has 6 nitrogen and oxygen atoms in total. The van der Waals surface area contributed by atoms with Crippen LogP contribution in [0.5, 0.6) is 0 Å². The van der Waals surface area contributed by atoms with E-state index in [0.717, 1.165) is 4.57 Å². The van der Waals surface area contributed by atoms with Crippen LogP contribution in [-0.4, -0.2) is 19.1 Å². The molecule has 0 saturated heterocycles. The molecule has 7 heteroatoms. The fourth-order valence-corrected chi connectivity index (χ4v) is 1.27. The quantitative estimate of drug-likeness (QED) is 0.603. The number of hydrogen-bond acceptors (Lipinski definition) is 3. The van der Waals surface area contributed by atoms with Crippen molar-refractivity contribution in [2.45, 2.75) is 0 Å². The Balaban J connectivity index is 0.000000980. The molecule has 0 atom stereocenters. The van der Waals surface area contributed by atoms with Crippen molar-refractivity contribution in [3.63, 3.8) is 0 Å². The first kappa shape index (κ1) is 10.9. The zero-order chi connectivity index (χ0) is 9.59. The van der Waals surface area contributed by atoms with E-state index >= 15 is 0 Å². The molecule has 2 rings (SSSR count). The molecule has 0 radical (unpaired) electrons. The van der Waals surface area contributed by atoms with E-state index < -0.39 is 0 Å². The van der Waals surface area contributed by atoms with Crippen LogP contribution >= 0.6 is 0 Å². The van der Waals surface area contributed by atoms with E-state index in [1.165, 1.54) is 17.9 Å². The summed E-state index contributed by atoms with van der Waals surface area (Å²) >= 11 is 0. The van der Waals surface area contributed by atoms with E-state index in [2.05, 4.69) is 9.97 Å². The van der Waals surface area contributed by atoms with Crippen molar-refractivity contribution in [2.75, 3.05) is 0 Å². The largest absolute Gasteiger partial charge is 0.339 e. The fraction of sp³-hybridized carbons (Fsp3) is 0.286. The molecule has 0 amide bonds. The van der Waals surface area contributed by atoms with Crippen LogP contribution in [0, 0.1) is 0 Å². The smallest absolute Gasteiger partial charge is 0.332 e. The van der Waals surface area contributed by atoms with Gasteiger partial charge in [0.15, 0.2) is 5.65 Å². The number of hydrogen-bond donors (Lipinski definition) is 1. The standard InChI is InChI=1S/C7H8N4O2.Zn/c1-10-5-4(8-3-9-5)6(12)11(2)7(10)13;/h3H,1-2H3,(H,8,9);. The molecular weight excluding hydrogens is 237 g/mol. The first-order valence-electron chi connectivity index (χ1n) is 3.72. The van der Waals surface area contributed by atoms with Crippen molar-refractivity contribution in [1.82, 2.24) is 19.1 Å². The molecule has 0 aliphatic heterocycles. The molecule has 2 aromatic rings. The van der Waals surface area contributed by atoms with Gasteiger partial charge in [-0.3, -0.25) is 13.9 Å². The zero-order valence-electron chi connectivity index (χ0n) is 7.94. The summed E-state index contributed by atoms with van der Waals surface area (Å²) < 4.78 is 2.37. The molecule has 0 bridgehead atoms. The van der Waals surface area contributed by atoms with Gasteiger partial charge in [0.1, 0.15) is 5.52 Å². The summed E-state index contributed by atoms with van der Waals surface area (Å²) in [5.74, 6) is 0. The van der Waals surface area contributed by atoms with Crippen molar-refractivity contribution in [1.29, 1.82) is 0 Å². The van der Waals surface area contributed by atoms with Crippen LogP contribution in [0.4, 0.5) is 0 Å². The van der Waals surface area contributed by atoms with Crippen molar-refractivity contribution in [3.8, 4) is 0 Å². The van der Waals surface area contributed by atoms with Gasteiger partial charge in [0.25, 0.3) is 5.56 Å². The molecular formula is C7H8N4O2Zn. The average molecular weight is 246 g/mol. The van der Waals surface area contributed by atoms with Gasteiger partial charge in [-0.2, -0.15) is 0 Å². The number of fused-ring (bicyclic) bond motifs is 1. The minimum absolute atomic E-state index is 0. The summed E-state index contributed by atoms with van der Waals surface area (Å²) in [5.41, 5.74) is 0.0119. The van der Waals surface area contributed by atoms with Gasteiger partial charge in [-0.25, -0.2) is 9.78 Å². The van der Waals surface area contributed by atoms with E-state index in [0.29, 0.717) is 11.2 Å². The van der Waals surface area contributed by atoms with E-state index in [1.54, 1.807) is 7.05 Å². The Morgan fingerprint density at radius 3 is 2.57 bits per heavy atom. The molecule has 0 aliphatic rings. The Hall–Kier alpha value is -1.23. The van der Waals surface area contributed by atoms with Gasteiger partial charge < -0.3 is 4.98 Å². The first-order chi connectivity index (χ1) is 6.13.